The van der Waals surface area contributed by atoms with Gasteiger partial charge in [0.2, 0.25) is 5.91 Å². The third kappa shape index (κ3) is 5.24. The lowest BCUT2D eigenvalue weighted by molar-refractivity contribution is -0.118. The SMILES string of the molecule is CC(=O)NCCCc1ccc(-c2csc(NC(=O)c3ccc(F)c(F)c3F)n2)cc1. The smallest absolute Gasteiger partial charge is 0.260 e. The summed E-state index contributed by atoms with van der Waals surface area (Å²) in [6.07, 6.45) is 1.64. The number of hydrogen-bond acceptors (Lipinski definition) is 4. The Morgan fingerprint density at radius 1 is 1.03 bits per heavy atom. The fourth-order valence-corrected chi connectivity index (χ4v) is 3.44. The summed E-state index contributed by atoms with van der Waals surface area (Å²) < 4.78 is 40.1. The van der Waals surface area contributed by atoms with Crippen LogP contribution in [-0.2, 0) is 11.2 Å². The standard InChI is InChI=1S/C21H18F3N3O2S/c1-12(28)25-10-2-3-13-4-6-14(7-5-13)17-11-30-21(26-17)27-20(29)15-8-9-16(22)19(24)18(15)23/h4-9,11H,2-3,10H2,1H3,(H,25,28)(H,26,27,29). The summed E-state index contributed by atoms with van der Waals surface area (Å²) in [6.45, 7) is 2.10. The van der Waals surface area contributed by atoms with Gasteiger partial charge >= 0.3 is 0 Å². The number of amides is 2. The molecule has 30 heavy (non-hydrogen) atoms. The number of carbonyl (C=O) groups excluding carboxylic acids is 2. The highest BCUT2D eigenvalue weighted by molar-refractivity contribution is 7.14. The van der Waals surface area contributed by atoms with Gasteiger partial charge in [-0.15, -0.1) is 11.3 Å². The van der Waals surface area contributed by atoms with Gasteiger partial charge in [-0.1, -0.05) is 24.3 Å². The van der Waals surface area contributed by atoms with Crippen molar-refractivity contribution < 1.29 is 22.8 Å². The molecule has 0 radical (unpaired) electrons. The molecule has 9 heteroatoms. The first-order valence-corrected chi connectivity index (χ1v) is 9.97. The highest BCUT2D eigenvalue weighted by atomic mass is 32.1. The predicted molar refractivity (Wildman–Crippen MR) is 109 cm³/mol. The van der Waals surface area contributed by atoms with Gasteiger partial charge in [0.25, 0.3) is 5.91 Å². The molecule has 156 valence electrons. The number of carbonyl (C=O) groups is 2. The first-order chi connectivity index (χ1) is 14.3. The fraction of sp³-hybridized carbons (Fsp3) is 0.190. The van der Waals surface area contributed by atoms with Crippen molar-refractivity contribution in [3.05, 3.63) is 70.4 Å². The number of nitrogens with one attached hydrogen (secondary N) is 2. The molecule has 0 aliphatic heterocycles. The average molecular weight is 433 g/mol. The Kier molecular flexibility index (Phi) is 6.83. The highest BCUT2D eigenvalue weighted by Gasteiger charge is 2.19. The van der Waals surface area contributed by atoms with Gasteiger partial charge in [-0.2, -0.15) is 0 Å². The number of rotatable bonds is 7. The molecular formula is C21H18F3N3O2S. The van der Waals surface area contributed by atoms with Gasteiger partial charge in [-0.05, 0) is 30.5 Å². The van der Waals surface area contributed by atoms with Gasteiger partial charge in [0.15, 0.2) is 22.6 Å². The molecule has 5 nitrogen and oxygen atoms in total. The van der Waals surface area contributed by atoms with Crippen LogP contribution in [0.5, 0.6) is 0 Å². The molecule has 1 aromatic heterocycles. The molecular weight excluding hydrogens is 415 g/mol. The lowest BCUT2D eigenvalue weighted by atomic mass is 10.1. The number of aryl methyl sites for hydroxylation is 1. The summed E-state index contributed by atoms with van der Waals surface area (Å²) in [6, 6.07) is 9.27. The van der Waals surface area contributed by atoms with E-state index in [0.29, 0.717) is 18.3 Å². The normalized spacial score (nSPS) is 10.7. The van der Waals surface area contributed by atoms with Crippen molar-refractivity contribution in [1.29, 1.82) is 0 Å². The molecule has 0 spiro atoms. The Labute approximate surface area is 175 Å². The van der Waals surface area contributed by atoms with Gasteiger partial charge in [0.1, 0.15) is 0 Å². The largest absolute Gasteiger partial charge is 0.356 e. The van der Waals surface area contributed by atoms with Crippen molar-refractivity contribution >= 4 is 28.3 Å². The van der Waals surface area contributed by atoms with E-state index in [9.17, 15) is 22.8 Å². The minimum absolute atomic E-state index is 0.0518. The lowest BCUT2D eigenvalue weighted by Crippen LogP contribution is -2.21. The van der Waals surface area contributed by atoms with Crippen molar-refractivity contribution in [2.45, 2.75) is 19.8 Å². The van der Waals surface area contributed by atoms with Crippen molar-refractivity contribution in [2.75, 3.05) is 11.9 Å². The maximum absolute atomic E-state index is 13.8. The van der Waals surface area contributed by atoms with Crippen LogP contribution < -0.4 is 10.6 Å². The minimum atomic E-state index is -1.69. The second-order valence-electron chi connectivity index (χ2n) is 6.50. The van der Waals surface area contributed by atoms with Crippen LogP contribution >= 0.6 is 11.3 Å². The van der Waals surface area contributed by atoms with Crippen LogP contribution in [0.3, 0.4) is 0 Å². The van der Waals surface area contributed by atoms with E-state index in [1.165, 1.54) is 6.92 Å². The Hall–Kier alpha value is -3.20. The maximum atomic E-state index is 13.8. The van der Waals surface area contributed by atoms with Gasteiger partial charge in [0.05, 0.1) is 11.3 Å². The molecule has 2 aromatic carbocycles. The summed E-state index contributed by atoms with van der Waals surface area (Å²) in [5, 5.41) is 7.08. The van der Waals surface area contributed by atoms with E-state index in [1.807, 2.05) is 24.3 Å². The number of halogens is 3. The molecule has 0 unspecified atom stereocenters. The summed E-state index contributed by atoms with van der Waals surface area (Å²) in [7, 11) is 0. The summed E-state index contributed by atoms with van der Waals surface area (Å²) >= 11 is 1.13. The first-order valence-electron chi connectivity index (χ1n) is 9.09. The molecule has 0 saturated carbocycles. The van der Waals surface area contributed by atoms with Crippen LogP contribution in [0.2, 0.25) is 0 Å². The zero-order valence-corrected chi connectivity index (χ0v) is 16.8. The summed E-state index contributed by atoms with van der Waals surface area (Å²) in [4.78, 5) is 27.3. The molecule has 0 aliphatic rings. The van der Waals surface area contributed by atoms with Crippen LogP contribution in [-0.4, -0.2) is 23.3 Å². The molecule has 3 aromatic rings. The monoisotopic (exact) mass is 433 g/mol. The number of benzene rings is 2. The molecule has 2 N–H and O–H groups in total. The lowest BCUT2D eigenvalue weighted by Gasteiger charge is -2.05. The van der Waals surface area contributed by atoms with Gasteiger partial charge in [0, 0.05) is 24.4 Å². The van der Waals surface area contributed by atoms with Crippen LogP contribution in [0.1, 0.15) is 29.3 Å². The van der Waals surface area contributed by atoms with Gasteiger partial charge in [-0.3, -0.25) is 14.9 Å². The van der Waals surface area contributed by atoms with Crippen molar-refractivity contribution in [1.82, 2.24) is 10.3 Å². The molecule has 3 rings (SSSR count). The summed E-state index contributed by atoms with van der Waals surface area (Å²) in [5.74, 6) is -5.57. The Morgan fingerprint density at radius 3 is 2.47 bits per heavy atom. The topological polar surface area (TPSA) is 71.1 Å². The number of hydrogen-bond donors (Lipinski definition) is 2. The zero-order chi connectivity index (χ0) is 21.7. The quantitative estimate of drug-likeness (QED) is 0.424. The molecule has 0 bridgehead atoms. The first kappa shape index (κ1) is 21.5. The Morgan fingerprint density at radius 2 is 1.77 bits per heavy atom. The van der Waals surface area contributed by atoms with Gasteiger partial charge in [-0.25, -0.2) is 18.2 Å². The number of thiazole rings is 1. The van der Waals surface area contributed by atoms with Crippen LogP contribution in [0.15, 0.2) is 41.8 Å². The fourth-order valence-electron chi connectivity index (χ4n) is 2.73. The van der Waals surface area contributed by atoms with E-state index in [0.717, 1.165) is 41.4 Å². The molecule has 1 heterocycles. The van der Waals surface area contributed by atoms with Crippen molar-refractivity contribution in [3.63, 3.8) is 0 Å². The van der Waals surface area contributed by atoms with E-state index < -0.39 is 28.9 Å². The Balaban J connectivity index is 1.63. The number of aromatic nitrogens is 1. The van der Waals surface area contributed by atoms with Crippen LogP contribution in [0.4, 0.5) is 18.3 Å². The molecule has 0 saturated heterocycles. The maximum Gasteiger partial charge on any atom is 0.260 e. The predicted octanol–water partition coefficient (Wildman–Crippen LogP) is 4.55. The highest BCUT2D eigenvalue weighted by Crippen LogP contribution is 2.26. The van der Waals surface area contributed by atoms with E-state index >= 15 is 0 Å². The third-order valence-electron chi connectivity index (χ3n) is 4.27. The van der Waals surface area contributed by atoms with E-state index in [4.69, 9.17) is 0 Å². The van der Waals surface area contributed by atoms with Crippen molar-refractivity contribution in [3.8, 4) is 11.3 Å². The molecule has 0 aliphatic carbocycles. The second-order valence-corrected chi connectivity index (χ2v) is 7.36. The van der Waals surface area contributed by atoms with Crippen LogP contribution in [0, 0.1) is 17.5 Å². The molecule has 0 atom stereocenters. The Bertz CT molecular complexity index is 1070. The second kappa shape index (κ2) is 9.53. The molecule has 2 amide bonds. The van der Waals surface area contributed by atoms with E-state index in [2.05, 4.69) is 15.6 Å². The molecule has 0 fully saturated rings. The average Bonchev–Trinajstić information content (AvgIpc) is 3.18. The third-order valence-corrected chi connectivity index (χ3v) is 5.03. The minimum Gasteiger partial charge on any atom is -0.356 e. The van der Waals surface area contributed by atoms with Crippen molar-refractivity contribution in [2.24, 2.45) is 0 Å². The van der Waals surface area contributed by atoms with E-state index in [-0.39, 0.29) is 11.0 Å². The summed E-state index contributed by atoms with van der Waals surface area (Å²) in [5.41, 5.74) is 1.96. The number of anilines is 1. The zero-order valence-electron chi connectivity index (χ0n) is 16.0. The van der Waals surface area contributed by atoms with Gasteiger partial charge < -0.3 is 5.32 Å². The van der Waals surface area contributed by atoms with E-state index in [1.54, 1.807) is 5.38 Å². The van der Waals surface area contributed by atoms with Crippen LogP contribution in [0.25, 0.3) is 11.3 Å². The number of nitrogens with zero attached hydrogens (tertiary/aromatic N) is 1.